The van der Waals surface area contributed by atoms with Crippen LogP contribution in [0.2, 0.25) is 0 Å². The molecule has 1 radical (unpaired) electrons. The van der Waals surface area contributed by atoms with E-state index in [9.17, 15) is 20.1 Å². The molecule has 0 aromatic carbocycles. The van der Waals surface area contributed by atoms with Crippen LogP contribution >= 0.6 is 0 Å². The van der Waals surface area contributed by atoms with E-state index in [1.54, 1.807) is 13.8 Å². The smallest absolute Gasteiger partial charge is 0.657 e. The summed E-state index contributed by atoms with van der Waals surface area (Å²) in [6.07, 6.45) is 1.85. The van der Waals surface area contributed by atoms with Crippen LogP contribution in [-0.2, 0) is 33.1 Å². The zero-order valence-electron chi connectivity index (χ0n) is 33.8. The Morgan fingerprint density at radius 1 is 0.736 bits per heavy atom. The van der Waals surface area contributed by atoms with Crippen molar-refractivity contribution in [3.8, 4) is 0 Å². The number of aryl methyl sites for hydroxylation is 3. The number of aromatic nitrogens is 4. The molecule has 11 heteroatoms. The Hall–Kier alpha value is -4.02. The van der Waals surface area contributed by atoms with Gasteiger partial charge >= 0.3 is 23.0 Å². The number of aliphatic hydroxyl groups excluding tert-OH is 2. The van der Waals surface area contributed by atoms with Crippen molar-refractivity contribution in [3.05, 3.63) is 69.3 Å². The van der Waals surface area contributed by atoms with Gasteiger partial charge in [0.05, 0.1) is 35.0 Å². The Balaban J connectivity index is 0.00000224. The summed E-state index contributed by atoms with van der Waals surface area (Å²) in [5, 5.41) is 37.9. The monoisotopic (exact) mass is 779 g/mol. The summed E-state index contributed by atoms with van der Waals surface area (Å²) in [6, 6.07) is 7.69. The first-order valence-corrected chi connectivity index (χ1v) is 18.5. The molecule has 2 aliphatic rings. The number of hydrogen-bond donors (Lipinski definition) is 4. The Morgan fingerprint density at radius 3 is 1.70 bits per heavy atom. The molecule has 295 valence electrons. The molecular formula is C42H60CuN4O6. The fraction of sp³-hybridized carbons (Fsp3) is 0.476. The quantitative estimate of drug-likeness (QED) is 0.134. The molecule has 0 amide bonds. The summed E-state index contributed by atoms with van der Waals surface area (Å²) in [4.78, 5) is 39.7. The van der Waals surface area contributed by atoms with E-state index in [0.717, 1.165) is 63.2 Å². The van der Waals surface area contributed by atoms with Gasteiger partial charge in [0.2, 0.25) is 0 Å². The standard InChI is InChI=1S/C34H39N4O4.C3H8.2C2H6.CH2O2.Cu/c1-8-9-22-16(2)25-13-30-34(21(7)40)19(5)27(38-30)14-31-33(20(6)39)18(4)26(37-31)12-24-17(3)23(10-11-32(41)42)29(35-24)15-28(22)36-25;1-3-2;2*1-2;2-1-3;/h12-15,20-21,39-40H,8-11H2,1-7H3,(H2-,35,36,37,38,41,42);3H2,1-2H3;2*1-2H3;1H,(H,2,3);/q-1;;;;;+2/p-1. The number of nitrogens with zero attached hydrogens (tertiary/aromatic N) is 4. The Kier molecular flexibility index (Phi) is 21.8. The fourth-order valence-electron chi connectivity index (χ4n) is 6.17. The minimum Gasteiger partial charge on any atom is -0.657 e. The van der Waals surface area contributed by atoms with Crippen molar-refractivity contribution in [1.82, 2.24) is 19.9 Å². The predicted molar refractivity (Wildman–Crippen MR) is 214 cm³/mol. The van der Waals surface area contributed by atoms with Crippen LogP contribution in [0.3, 0.4) is 0 Å². The largest absolute Gasteiger partial charge is 2.00 e. The molecule has 3 aromatic heterocycles. The van der Waals surface area contributed by atoms with E-state index < -0.39 is 18.2 Å². The van der Waals surface area contributed by atoms with E-state index in [-0.39, 0.29) is 30.0 Å². The van der Waals surface area contributed by atoms with Crippen molar-refractivity contribution in [1.29, 1.82) is 0 Å². The number of rotatable bonds is 7. The van der Waals surface area contributed by atoms with Gasteiger partial charge in [0, 0.05) is 12.0 Å². The third kappa shape index (κ3) is 12.0. The van der Waals surface area contributed by atoms with Crippen molar-refractivity contribution < 1.29 is 47.1 Å². The maximum absolute atomic E-state index is 11.5. The zero-order chi connectivity index (χ0) is 39.9. The van der Waals surface area contributed by atoms with Crippen molar-refractivity contribution in [2.75, 3.05) is 0 Å². The number of fused-ring (bicyclic) bond motifs is 8. The van der Waals surface area contributed by atoms with E-state index >= 15 is 0 Å². The van der Waals surface area contributed by atoms with E-state index in [2.05, 4.69) is 27.7 Å². The number of aliphatic hydroxyl groups is 2. The second-order valence-corrected chi connectivity index (χ2v) is 12.2. The van der Waals surface area contributed by atoms with Crippen molar-refractivity contribution in [2.24, 2.45) is 0 Å². The summed E-state index contributed by atoms with van der Waals surface area (Å²) in [6.45, 7) is 25.5. The molecule has 0 saturated carbocycles. The number of allylic oxidation sites excluding steroid dienone is 3. The minimum atomic E-state index is -0.864. The molecule has 2 atom stereocenters. The van der Waals surface area contributed by atoms with Gasteiger partial charge in [0.25, 0.3) is 6.47 Å². The van der Waals surface area contributed by atoms with Gasteiger partial charge in [0.15, 0.2) is 0 Å². The second kappa shape index (κ2) is 23.6. The first kappa shape index (κ1) is 49.0. The Labute approximate surface area is 326 Å². The summed E-state index contributed by atoms with van der Waals surface area (Å²) in [5.41, 5.74) is 12.7. The predicted octanol–water partition coefficient (Wildman–Crippen LogP) is 9.47. The van der Waals surface area contributed by atoms with Crippen LogP contribution in [0, 0.1) is 13.8 Å². The summed E-state index contributed by atoms with van der Waals surface area (Å²) < 4.78 is 0. The van der Waals surface area contributed by atoms with Crippen LogP contribution in [0.5, 0.6) is 0 Å². The van der Waals surface area contributed by atoms with Gasteiger partial charge in [-0.1, -0.05) is 102 Å². The minimum absolute atomic E-state index is 0. The van der Waals surface area contributed by atoms with E-state index in [0.29, 0.717) is 45.4 Å². The summed E-state index contributed by atoms with van der Waals surface area (Å²) in [5.74, 6) is -0.864. The van der Waals surface area contributed by atoms with Crippen molar-refractivity contribution >= 4 is 56.8 Å². The second-order valence-electron chi connectivity index (χ2n) is 12.2. The molecule has 0 spiro atoms. The molecule has 53 heavy (non-hydrogen) atoms. The van der Waals surface area contributed by atoms with Crippen LogP contribution in [0.15, 0.2) is 24.3 Å². The van der Waals surface area contributed by atoms with E-state index in [1.165, 1.54) is 6.42 Å². The molecular weight excluding hydrogens is 720 g/mol. The third-order valence-electron chi connectivity index (χ3n) is 8.40. The maximum Gasteiger partial charge on any atom is 2.00 e. The van der Waals surface area contributed by atoms with Crippen LogP contribution in [0.1, 0.15) is 153 Å². The van der Waals surface area contributed by atoms with Crippen LogP contribution < -0.4 is 9.97 Å². The zero-order valence-corrected chi connectivity index (χ0v) is 34.7. The molecule has 0 saturated heterocycles. The van der Waals surface area contributed by atoms with Gasteiger partial charge in [-0.25, -0.2) is 9.97 Å². The molecule has 5 rings (SSSR count). The van der Waals surface area contributed by atoms with Gasteiger partial charge in [-0.2, -0.15) is 0 Å². The van der Waals surface area contributed by atoms with Crippen LogP contribution in [0.25, 0.3) is 44.4 Å². The third-order valence-corrected chi connectivity index (χ3v) is 8.40. The molecule has 0 aliphatic carbocycles. The van der Waals surface area contributed by atoms with Crippen LogP contribution in [0.4, 0.5) is 0 Å². The number of carboxylic acids is 1. The molecule has 8 bridgehead atoms. The number of carbonyl (C=O) groups is 2. The number of carboxylic acid groups (broad SMARTS) is 2. The molecule has 10 nitrogen and oxygen atoms in total. The van der Waals surface area contributed by atoms with Crippen molar-refractivity contribution in [2.45, 2.75) is 134 Å². The first-order chi connectivity index (χ1) is 24.7. The molecule has 5 heterocycles. The Morgan fingerprint density at radius 2 is 1.19 bits per heavy atom. The molecule has 2 unspecified atom stereocenters. The molecule has 2 aliphatic heterocycles. The van der Waals surface area contributed by atoms with Gasteiger partial charge in [0.1, 0.15) is 0 Å². The fourth-order valence-corrected chi connectivity index (χ4v) is 6.17. The van der Waals surface area contributed by atoms with Crippen molar-refractivity contribution in [3.63, 3.8) is 0 Å². The molecule has 3 aromatic rings. The van der Waals surface area contributed by atoms with E-state index in [4.69, 9.17) is 29.8 Å². The van der Waals surface area contributed by atoms with E-state index in [1.807, 2.05) is 72.7 Å². The maximum atomic E-state index is 11.5. The topological polar surface area (TPSA) is 169 Å². The average molecular weight is 781 g/mol. The summed E-state index contributed by atoms with van der Waals surface area (Å²) in [7, 11) is 0. The Bertz CT molecular complexity index is 1900. The summed E-state index contributed by atoms with van der Waals surface area (Å²) >= 11 is 0. The number of aliphatic carboxylic acids is 1. The average Bonchev–Trinajstić information content (AvgIpc) is 3.76. The SMILES string of the molecule is CC.CC.CCC.CCCC1=C(C)c2cc3[n-]c(cc4nc(cc5[n-]c(cc1n2)c(CCC(=O)O)c5C)C(C)=C4C(C)O)c(C)c3C(C)O.O=CO.[Cu+2]. The molecule has 0 fully saturated rings. The van der Waals surface area contributed by atoms with Gasteiger partial charge < -0.3 is 30.4 Å². The first-order valence-electron chi connectivity index (χ1n) is 18.5. The number of hydrogen-bond acceptors (Lipinski definition) is 6. The normalized spacial score (nSPS) is 12.7. The van der Waals surface area contributed by atoms with Gasteiger partial charge in [-0.05, 0) is 76.7 Å². The molecule has 4 N–H and O–H groups in total. The van der Waals surface area contributed by atoms with Gasteiger partial charge in [-0.15, -0.1) is 22.1 Å². The van der Waals surface area contributed by atoms with Crippen LogP contribution in [-0.4, -0.2) is 48.9 Å². The van der Waals surface area contributed by atoms with Gasteiger partial charge in [-0.3, -0.25) is 9.59 Å².